The van der Waals surface area contributed by atoms with E-state index < -0.39 is 0 Å². The zero-order valence-electron chi connectivity index (χ0n) is 11.0. The minimum absolute atomic E-state index is 0.232. The summed E-state index contributed by atoms with van der Waals surface area (Å²) in [5.74, 6) is 0.907. The molecule has 0 aliphatic heterocycles. The Hall–Kier alpha value is -0.900. The van der Waals surface area contributed by atoms with Gasteiger partial charge in [0.25, 0.3) is 0 Å². The van der Waals surface area contributed by atoms with Gasteiger partial charge in [0.1, 0.15) is 5.82 Å². The van der Waals surface area contributed by atoms with Gasteiger partial charge in [0.2, 0.25) is 0 Å². The molecule has 0 aromatic heterocycles. The van der Waals surface area contributed by atoms with Crippen molar-refractivity contribution in [3.63, 3.8) is 0 Å². The Balaban J connectivity index is 2.11. The smallest absolute Gasteiger partial charge is 0.128 e. The maximum Gasteiger partial charge on any atom is 0.128 e. The van der Waals surface area contributed by atoms with Crippen LogP contribution in [0.3, 0.4) is 0 Å². The topological polar surface area (TPSA) is 38.0 Å². The fourth-order valence-corrected chi connectivity index (χ4v) is 3.72. The quantitative estimate of drug-likeness (QED) is 0.816. The minimum Gasteiger partial charge on any atom is -0.397 e. The second-order valence-electron chi connectivity index (χ2n) is 4.86. The number of halogens is 1. The molecular weight excluding hydrogens is 247 g/mol. The molecule has 100 valence electrons. The van der Waals surface area contributed by atoms with E-state index in [-0.39, 0.29) is 5.82 Å². The third kappa shape index (κ3) is 2.91. The standard InChI is InChI=1S/C14H21FN2S/c1-3-18-14-6-4-5-12(14)17-13-7-9(2)10(15)8-11(13)16/h7-8,12,14,17H,3-6,16H2,1-2H3. The molecule has 0 spiro atoms. The van der Waals surface area contributed by atoms with E-state index in [1.165, 1.54) is 25.3 Å². The maximum absolute atomic E-state index is 13.4. The average molecular weight is 268 g/mol. The molecule has 0 bridgehead atoms. The number of aryl methyl sites for hydroxylation is 1. The van der Waals surface area contributed by atoms with E-state index >= 15 is 0 Å². The van der Waals surface area contributed by atoms with Gasteiger partial charge >= 0.3 is 0 Å². The first kappa shape index (κ1) is 13.5. The number of hydrogen-bond acceptors (Lipinski definition) is 3. The van der Waals surface area contributed by atoms with E-state index in [1.807, 2.05) is 17.8 Å². The summed E-state index contributed by atoms with van der Waals surface area (Å²) in [6.07, 6.45) is 3.69. The SMILES string of the molecule is CCSC1CCCC1Nc1cc(C)c(F)cc1N. The van der Waals surface area contributed by atoms with Crippen molar-refractivity contribution in [3.8, 4) is 0 Å². The molecular formula is C14H21FN2S. The number of hydrogen-bond donors (Lipinski definition) is 2. The molecule has 0 radical (unpaired) electrons. The number of anilines is 2. The van der Waals surface area contributed by atoms with Crippen molar-refractivity contribution in [3.05, 3.63) is 23.5 Å². The highest BCUT2D eigenvalue weighted by Gasteiger charge is 2.27. The van der Waals surface area contributed by atoms with Gasteiger partial charge in [-0.3, -0.25) is 0 Å². The monoisotopic (exact) mass is 268 g/mol. The van der Waals surface area contributed by atoms with Crippen molar-refractivity contribution in [2.24, 2.45) is 0 Å². The van der Waals surface area contributed by atoms with Gasteiger partial charge in [0, 0.05) is 11.3 Å². The van der Waals surface area contributed by atoms with Gasteiger partial charge in [-0.2, -0.15) is 11.8 Å². The summed E-state index contributed by atoms with van der Waals surface area (Å²) in [6.45, 7) is 3.96. The van der Waals surface area contributed by atoms with Crippen molar-refractivity contribution in [1.82, 2.24) is 0 Å². The van der Waals surface area contributed by atoms with Crippen LogP contribution in [0.5, 0.6) is 0 Å². The van der Waals surface area contributed by atoms with E-state index in [0.717, 1.165) is 11.4 Å². The lowest BCUT2D eigenvalue weighted by Gasteiger charge is -2.22. The third-order valence-corrected chi connectivity index (χ3v) is 4.83. The molecule has 3 N–H and O–H groups in total. The second-order valence-corrected chi connectivity index (χ2v) is 6.38. The average Bonchev–Trinajstić information content (AvgIpc) is 2.74. The first-order chi connectivity index (χ1) is 8.61. The van der Waals surface area contributed by atoms with Gasteiger partial charge < -0.3 is 11.1 Å². The lowest BCUT2D eigenvalue weighted by Crippen LogP contribution is -2.26. The van der Waals surface area contributed by atoms with Crippen LogP contribution in [0.4, 0.5) is 15.8 Å². The second kappa shape index (κ2) is 5.83. The molecule has 0 saturated heterocycles. The van der Waals surface area contributed by atoms with Crippen LogP contribution in [0.2, 0.25) is 0 Å². The van der Waals surface area contributed by atoms with Crippen molar-refractivity contribution in [2.45, 2.75) is 44.4 Å². The van der Waals surface area contributed by atoms with E-state index in [2.05, 4.69) is 12.2 Å². The van der Waals surface area contributed by atoms with Gasteiger partial charge in [-0.25, -0.2) is 4.39 Å². The highest BCUT2D eigenvalue weighted by atomic mass is 32.2. The summed E-state index contributed by atoms with van der Waals surface area (Å²) in [4.78, 5) is 0. The lowest BCUT2D eigenvalue weighted by atomic mass is 10.1. The minimum atomic E-state index is -0.232. The lowest BCUT2D eigenvalue weighted by molar-refractivity contribution is 0.619. The Labute approximate surface area is 113 Å². The van der Waals surface area contributed by atoms with Gasteiger partial charge in [0.05, 0.1) is 11.4 Å². The number of nitrogens with two attached hydrogens (primary N) is 1. The predicted octanol–water partition coefficient (Wildman–Crippen LogP) is 3.80. The van der Waals surface area contributed by atoms with Crippen LogP contribution in [0.1, 0.15) is 31.7 Å². The zero-order chi connectivity index (χ0) is 13.1. The fourth-order valence-electron chi connectivity index (χ4n) is 2.53. The molecule has 1 aromatic carbocycles. The normalized spacial score (nSPS) is 23.3. The summed E-state index contributed by atoms with van der Waals surface area (Å²) < 4.78 is 13.4. The molecule has 2 rings (SSSR count). The summed E-state index contributed by atoms with van der Waals surface area (Å²) in [5, 5.41) is 4.15. The third-order valence-electron chi connectivity index (χ3n) is 3.50. The first-order valence-electron chi connectivity index (χ1n) is 6.55. The number of nitrogen functional groups attached to an aromatic ring is 1. The molecule has 1 aromatic rings. The first-order valence-corrected chi connectivity index (χ1v) is 7.60. The Bertz CT molecular complexity index is 423. The number of benzene rings is 1. The molecule has 2 nitrogen and oxygen atoms in total. The molecule has 0 heterocycles. The summed E-state index contributed by atoms with van der Waals surface area (Å²) >= 11 is 2.00. The van der Waals surface area contributed by atoms with E-state index in [9.17, 15) is 4.39 Å². The van der Waals surface area contributed by atoms with Gasteiger partial charge in [-0.1, -0.05) is 13.3 Å². The number of thioether (sulfide) groups is 1. The highest BCUT2D eigenvalue weighted by Crippen LogP contribution is 2.33. The summed E-state index contributed by atoms with van der Waals surface area (Å²) in [6, 6.07) is 3.69. The van der Waals surface area contributed by atoms with Crippen LogP contribution < -0.4 is 11.1 Å². The molecule has 1 fully saturated rings. The summed E-state index contributed by atoms with van der Waals surface area (Å²) in [5.41, 5.74) is 7.90. The number of nitrogens with one attached hydrogen (secondary N) is 1. The van der Waals surface area contributed by atoms with Crippen LogP contribution in [0.15, 0.2) is 12.1 Å². The molecule has 2 unspecified atom stereocenters. The fraction of sp³-hybridized carbons (Fsp3) is 0.571. The zero-order valence-corrected chi connectivity index (χ0v) is 11.8. The molecule has 4 heteroatoms. The van der Waals surface area contributed by atoms with E-state index in [0.29, 0.717) is 22.5 Å². The van der Waals surface area contributed by atoms with Crippen LogP contribution in [0.25, 0.3) is 0 Å². The Morgan fingerprint density at radius 1 is 1.44 bits per heavy atom. The highest BCUT2D eigenvalue weighted by molar-refractivity contribution is 7.99. The molecule has 18 heavy (non-hydrogen) atoms. The van der Waals surface area contributed by atoms with Crippen molar-refractivity contribution in [1.29, 1.82) is 0 Å². The Kier molecular flexibility index (Phi) is 4.38. The van der Waals surface area contributed by atoms with Crippen molar-refractivity contribution in [2.75, 3.05) is 16.8 Å². The van der Waals surface area contributed by atoms with Crippen molar-refractivity contribution < 1.29 is 4.39 Å². The molecule has 1 saturated carbocycles. The van der Waals surface area contributed by atoms with Crippen LogP contribution >= 0.6 is 11.8 Å². The maximum atomic E-state index is 13.4. The van der Waals surface area contributed by atoms with E-state index in [1.54, 1.807) is 6.92 Å². The van der Waals surface area contributed by atoms with E-state index in [4.69, 9.17) is 5.73 Å². The molecule has 0 amide bonds. The Morgan fingerprint density at radius 2 is 2.22 bits per heavy atom. The summed E-state index contributed by atoms with van der Waals surface area (Å²) in [7, 11) is 0. The van der Waals surface area contributed by atoms with Crippen LogP contribution in [-0.2, 0) is 0 Å². The van der Waals surface area contributed by atoms with Crippen molar-refractivity contribution >= 4 is 23.1 Å². The van der Waals surface area contributed by atoms with Crippen LogP contribution in [-0.4, -0.2) is 17.0 Å². The molecule has 1 aliphatic rings. The molecule has 1 aliphatic carbocycles. The van der Waals surface area contributed by atoms with Crippen LogP contribution in [0, 0.1) is 12.7 Å². The molecule has 2 atom stereocenters. The predicted molar refractivity (Wildman–Crippen MR) is 78.7 cm³/mol. The van der Waals surface area contributed by atoms with Gasteiger partial charge in [-0.15, -0.1) is 0 Å². The van der Waals surface area contributed by atoms with Gasteiger partial charge in [0.15, 0.2) is 0 Å². The van der Waals surface area contributed by atoms with Gasteiger partial charge in [-0.05, 0) is 43.2 Å². The number of rotatable bonds is 4. The Morgan fingerprint density at radius 3 is 2.94 bits per heavy atom. The largest absolute Gasteiger partial charge is 0.397 e.